The molecule has 1 aliphatic rings. The Kier molecular flexibility index (Phi) is 11.3. The summed E-state index contributed by atoms with van der Waals surface area (Å²) < 4.78 is 37.7. The van der Waals surface area contributed by atoms with E-state index in [1.165, 1.54) is 4.31 Å². The molecule has 0 saturated heterocycles. The van der Waals surface area contributed by atoms with Crippen molar-refractivity contribution in [3.05, 3.63) is 53.1 Å². The Morgan fingerprint density at radius 3 is 2.44 bits per heavy atom. The minimum Gasteiger partial charge on any atom is -0.486 e. The Hall–Kier alpha value is -2.98. The predicted molar refractivity (Wildman–Crippen MR) is 153 cm³/mol. The summed E-state index contributed by atoms with van der Waals surface area (Å²) in [7, 11) is -3.63. The van der Waals surface area contributed by atoms with E-state index in [9.17, 15) is 18.0 Å². The number of anilines is 1. The summed E-state index contributed by atoms with van der Waals surface area (Å²) in [5.74, 6) is 0.587. The van der Waals surface area contributed by atoms with Gasteiger partial charge >= 0.3 is 0 Å². The van der Waals surface area contributed by atoms with Crippen molar-refractivity contribution in [2.45, 2.75) is 58.5 Å². The van der Waals surface area contributed by atoms with E-state index < -0.39 is 16.1 Å². The fourth-order valence-corrected chi connectivity index (χ4v) is 5.58. The standard InChI is InChI=1S/C28H38ClN3O6S/c1-4-6-15-30-28(34)24(5-2)31(20-21-10-7-8-11-23(21)29)27(33)12-9-16-32(39(3,35)36)22-13-14-25-26(19-22)38-18-17-37-25/h7-8,10-11,13-14,19,24H,4-6,9,12,15-18,20H2,1-3H3,(H,30,34)/t24-/m1/s1. The molecule has 0 aliphatic carbocycles. The summed E-state index contributed by atoms with van der Waals surface area (Å²) in [6.45, 7) is 5.53. The van der Waals surface area contributed by atoms with E-state index in [-0.39, 0.29) is 37.7 Å². The molecular weight excluding hydrogens is 542 g/mol. The van der Waals surface area contributed by atoms with Gasteiger partial charge in [-0.1, -0.05) is 50.1 Å². The number of carbonyl (C=O) groups excluding carboxylic acids is 2. The summed E-state index contributed by atoms with van der Waals surface area (Å²) in [5, 5.41) is 3.45. The van der Waals surface area contributed by atoms with Crippen molar-refractivity contribution in [1.82, 2.24) is 10.2 Å². The van der Waals surface area contributed by atoms with Crippen LogP contribution in [0.5, 0.6) is 11.5 Å². The molecule has 0 unspecified atom stereocenters. The molecule has 2 amide bonds. The average Bonchev–Trinajstić information content (AvgIpc) is 2.91. The van der Waals surface area contributed by atoms with Crippen LogP contribution in [0.3, 0.4) is 0 Å². The molecule has 214 valence electrons. The third-order valence-corrected chi connectivity index (χ3v) is 8.04. The summed E-state index contributed by atoms with van der Waals surface area (Å²) in [6.07, 6.45) is 3.66. The van der Waals surface area contributed by atoms with Crippen LogP contribution in [-0.4, -0.2) is 63.7 Å². The molecule has 11 heteroatoms. The van der Waals surface area contributed by atoms with Crippen molar-refractivity contribution in [2.75, 3.05) is 36.9 Å². The Morgan fingerprint density at radius 1 is 1.05 bits per heavy atom. The molecule has 0 aromatic heterocycles. The molecule has 3 rings (SSSR count). The molecule has 1 heterocycles. The highest BCUT2D eigenvalue weighted by Gasteiger charge is 2.29. The lowest BCUT2D eigenvalue weighted by Gasteiger charge is -2.31. The van der Waals surface area contributed by atoms with Crippen molar-refractivity contribution >= 4 is 39.1 Å². The van der Waals surface area contributed by atoms with Gasteiger partial charge in [0.2, 0.25) is 21.8 Å². The third kappa shape index (κ3) is 8.50. The lowest BCUT2D eigenvalue weighted by molar-refractivity contribution is -0.141. The van der Waals surface area contributed by atoms with Gasteiger partial charge < -0.3 is 19.7 Å². The van der Waals surface area contributed by atoms with Crippen LogP contribution in [0.2, 0.25) is 5.02 Å². The average molecular weight is 580 g/mol. The molecular formula is C28H38ClN3O6S. The van der Waals surface area contributed by atoms with Crippen LogP contribution in [-0.2, 0) is 26.2 Å². The quantitative estimate of drug-likeness (QED) is 0.333. The van der Waals surface area contributed by atoms with Crippen LogP contribution in [0.1, 0.15) is 51.5 Å². The molecule has 1 aliphatic heterocycles. The zero-order valence-corrected chi connectivity index (χ0v) is 24.4. The van der Waals surface area contributed by atoms with E-state index in [0.29, 0.717) is 48.4 Å². The largest absolute Gasteiger partial charge is 0.486 e. The maximum absolute atomic E-state index is 13.6. The number of hydrogen-bond acceptors (Lipinski definition) is 6. The molecule has 1 atom stereocenters. The Morgan fingerprint density at radius 2 is 1.77 bits per heavy atom. The lowest BCUT2D eigenvalue weighted by atomic mass is 10.1. The van der Waals surface area contributed by atoms with Crippen molar-refractivity contribution in [1.29, 1.82) is 0 Å². The van der Waals surface area contributed by atoms with Crippen molar-refractivity contribution in [2.24, 2.45) is 0 Å². The second-order valence-electron chi connectivity index (χ2n) is 9.45. The number of benzene rings is 2. The lowest BCUT2D eigenvalue weighted by Crippen LogP contribution is -2.49. The Labute approximate surface area is 236 Å². The maximum Gasteiger partial charge on any atom is 0.242 e. The van der Waals surface area contributed by atoms with Crippen LogP contribution in [0.25, 0.3) is 0 Å². The first-order chi connectivity index (χ1) is 18.7. The van der Waals surface area contributed by atoms with Crippen molar-refractivity contribution in [3.63, 3.8) is 0 Å². The van der Waals surface area contributed by atoms with Crippen LogP contribution in [0, 0.1) is 0 Å². The topological polar surface area (TPSA) is 105 Å². The summed E-state index contributed by atoms with van der Waals surface area (Å²) in [5.41, 5.74) is 1.17. The summed E-state index contributed by atoms with van der Waals surface area (Å²) >= 11 is 6.39. The summed E-state index contributed by atoms with van der Waals surface area (Å²) in [6, 6.07) is 11.5. The minimum atomic E-state index is -3.63. The summed E-state index contributed by atoms with van der Waals surface area (Å²) in [4.78, 5) is 28.1. The molecule has 9 nitrogen and oxygen atoms in total. The Balaban J connectivity index is 1.76. The van der Waals surface area contributed by atoms with Gasteiger partial charge in [0.25, 0.3) is 0 Å². The van der Waals surface area contributed by atoms with E-state index in [2.05, 4.69) is 5.32 Å². The number of amides is 2. The fraction of sp³-hybridized carbons (Fsp3) is 0.500. The molecule has 0 saturated carbocycles. The van der Waals surface area contributed by atoms with Gasteiger partial charge in [-0.2, -0.15) is 0 Å². The number of rotatable bonds is 14. The van der Waals surface area contributed by atoms with Crippen LogP contribution >= 0.6 is 11.6 Å². The number of nitrogens with zero attached hydrogens (tertiary/aromatic N) is 2. The monoisotopic (exact) mass is 579 g/mol. The molecule has 1 N–H and O–H groups in total. The molecule has 0 fully saturated rings. The SMILES string of the molecule is CCCCNC(=O)[C@@H](CC)N(Cc1ccccc1Cl)C(=O)CCCN(c1ccc2c(c1)OCCO2)S(C)(=O)=O. The van der Waals surface area contributed by atoms with E-state index in [1.807, 2.05) is 32.0 Å². The number of hydrogen-bond donors (Lipinski definition) is 1. The number of sulfonamides is 1. The second-order valence-corrected chi connectivity index (χ2v) is 11.8. The highest BCUT2D eigenvalue weighted by atomic mass is 35.5. The van der Waals surface area contributed by atoms with E-state index in [0.717, 1.165) is 24.7 Å². The first kappa shape index (κ1) is 30.6. The van der Waals surface area contributed by atoms with Crippen LogP contribution < -0.4 is 19.1 Å². The fourth-order valence-electron chi connectivity index (χ4n) is 4.43. The first-order valence-electron chi connectivity index (χ1n) is 13.3. The van der Waals surface area contributed by atoms with Gasteiger partial charge in [0, 0.05) is 37.1 Å². The number of ether oxygens (including phenoxy) is 2. The molecule has 0 bridgehead atoms. The smallest absolute Gasteiger partial charge is 0.242 e. The number of carbonyl (C=O) groups is 2. The van der Waals surface area contributed by atoms with Gasteiger partial charge in [-0.15, -0.1) is 0 Å². The molecule has 2 aromatic carbocycles. The number of unbranched alkanes of at least 4 members (excludes halogenated alkanes) is 1. The third-order valence-electron chi connectivity index (χ3n) is 6.48. The number of nitrogens with one attached hydrogen (secondary N) is 1. The first-order valence-corrected chi connectivity index (χ1v) is 15.6. The number of halogens is 1. The van der Waals surface area contributed by atoms with Crippen LogP contribution in [0.4, 0.5) is 5.69 Å². The zero-order valence-electron chi connectivity index (χ0n) is 22.8. The predicted octanol–water partition coefficient (Wildman–Crippen LogP) is 4.38. The zero-order chi connectivity index (χ0) is 28.4. The normalized spacial score (nSPS) is 13.4. The minimum absolute atomic E-state index is 0.0553. The van der Waals surface area contributed by atoms with E-state index >= 15 is 0 Å². The van der Waals surface area contributed by atoms with E-state index in [4.69, 9.17) is 21.1 Å². The van der Waals surface area contributed by atoms with Crippen molar-refractivity contribution in [3.8, 4) is 11.5 Å². The van der Waals surface area contributed by atoms with Gasteiger partial charge in [0.15, 0.2) is 11.5 Å². The Bertz CT molecular complexity index is 1240. The van der Waals surface area contributed by atoms with Gasteiger partial charge in [0.1, 0.15) is 19.3 Å². The molecule has 0 radical (unpaired) electrons. The molecule has 2 aromatic rings. The van der Waals surface area contributed by atoms with Gasteiger partial charge in [-0.3, -0.25) is 13.9 Å². The number of fused-ring (bicyclic) bond motifs is 1. The van der Waals surface area contributed by atoms with Crippen molar-refractivity contribution < 1.29 is 27.5 Å². The van der Waals surface area contributed by atoms with Gasteiger partial charge in [0.05, 0.1) is 11.9 Å². The van der Waals surface area contributed by atoms with Gasteiger partial charge in [-0.05, 0) is 43.0 Å². The highest BCUT2D eigenvalue weighted by Crippen LogP contribution is 2.34. The second kappa shape index (κ2) is 14.4. The molecule has 0 spiro atoms. The van der Waals surface area contributed by atoms with E-state index in [1.54, 1.807) is 29.2 Å². The van der Waals surface area contributed by atoms with Crippen LogP contribution in [0.15, 0.2) is 42.5 Å². The maximum atomic E-state index is 13.6. The van der Waals surface area contributed by atoms with Gasteiger partial charge in [-0.25, -0.2) is 8.42 Å². The molecule has 39 heavy (non-hydrogen) atoms. The highest BCUT2D eigenvalue weighted by molar-refractivity contribution is 7.92.